The van der Waals surface area contributed by atoms with Crippen molar-refractivity contribution >= 4 is 39.5 Å². The van der Waals surface area contributed by atoms with E-state index in [1.165, 1.54) is 38.5 Å². The van der Waals surface area contributed by atoms with Crippen LogP contribution in [0.15, 0.2) is 170 Å². The van der Waals surface area contributed by atoms with Crippen molar-refractivity contribution in [3.8, 4) is 0 Å². The summed E-state index contributed by atoms with van der Waals surface area (Å²) in [6.07, 6.45) is 94.7. The molecule has 614 valence electrons. The third-order valence-corrected chi connectivity index (χ3v) is 18.5. The Labute approximate surface area is 654 Å². The lowest BCUT2D eigenvalue weighted by molar-refractivity contribution is -0.161. The molecule has 0 fully saturated rings. The minimum absolute atomic E-state index is 0.0327. The Morgan fingerprint density at radius 3 is 0.759 bits per heavy atom. The zero-order chi connectivity index (χ0) is 78.9. The lowest BCUT2D eigenvalue weighted by Gasteiger charge is -2.21. The van der Waals surface area contributed by atoms with Crippen molar-refractivity contribution in [2.45, 2.75) is 329 Å². The van der Waals surface area contributed by atoms with Gasteiger partial charge in [-0.1, -0.05) is 275 Å². The zero-order valence-corrected chi connectivity index (χ0v) is 69.0. The van der Waals surface area contributed by atoms with Gasteiger partial charge in [-0.3, -0.25) is 37.3 Å². The van der Waals surface area contributed by atoms with Crippen LogP contribution >= 0.6 is 15.6 Å². The first-order valence-electron chi connectivity index (χ1n) is 41.4. The van der Waals surface area contributed by atoms with Crippen LogP contribution in [0.2, 0.25) is 0 Å². The van der Waals surface area contributed by atoms with Gasteiger partial charge in [-0.15, -0.1) is 0 Å². The molecule has 0 radical (unpaired) electrons. The van der Waals surface area contributed by atoms with Crippen molar-refractivity contribution < 1.29 is 80.2 Å². The van der Waals surface area contributed by atoms with Crippen LogP contribution in [0.5, 0.6) is 0 Å². The smallest absolute Gasteiger partial charge is 0.462 e. The average molecular weight is 1550 g/mol. The van der Waals surface area contributed by atoms with Gasteiger partial charge in [0, 0.05) is 25.7 Å². The molecular formula is C89H146O17P2. The second-order valence-electron chi connectivity index (χ2n) is 26.9. The molecule has 0 amide bonds. The molecule has 0 rings (SSSR count). The Kier molecular flexibility index (Phi) is 75.4. The highest BCUT2D eigenvalue weighted by Gasteiger charge is 2.30. The number of unbranched alkanes of at least 4 members (excludes halogenated alkanes) is 22. The number of esters is 4. The van der Waals surface area contributed by atoms with Gasteiger partial charge in [0.05, 0.1) is 26.4 Å². The number of phosphoric ester groups is 2. The van der Waals surface area contributed by atoms with E-state index in [0.29, 0.717) is 38.5 Å². The van der Waals surface area contributed by atoms with E-state index in [1.807, 2.05) is 0 Å². The molecule has 0 aliphatic heterocycles. The second-order valence-corrected chi connectivity index (χ2v) is 29.8. The van der Waals surface area contributed by atoms with Crippen molar-refractivity contribution in [2.24, 2.45) is 0 Å². The first kappa shape index (κ1) is 102. The lowest BCUT2D eigenvalue weighted by atomic mass is 10.1. The maximum Gasteiger partial charge on any atom is 0.472 e. The van der Waals surface area contributed by atoms with Crippen LogP contribution < -0.4 is 0 Å². The van der Waals surface area contributed by atoms with Crippen LogP contribution in [0.25, 0.3) is 0 Å². The molecule has 0 bridgehead atoms. The van der Waals surface area contributed by atoms with Gasteiger partial charge in [-0.05, 0) is 180 Å². The number of hydrogen-bond donors (Lipinski definition) is 3. The summed E-state index contributed by atoms with van der Waals surface area (Å²) in [5, 5.41) is 10.7. The molecule has 4 unspecified atom stereocenters. The predicted molar refractivity (Wildman–Crippen MR) is 445 cm³/mol. The molecule has 0 aliphatic carbocycles. The Hall–Kier alpha value is -5.58. The maximum absolute atomic E-state index is 13.1. The largest absolute Gasteiger partial charge is 0.472 e. The minimum atomic E-state index is -5.01. The Bertz CT molecular complexity index is 2530. The normalized spacial score (nSPS) is 14.7. The molecule has 0 saturated heterocycles. The molecule has 108 heavy (non-hydrogen) atoms. The lowest BCUT2D eigenvalue weighted by Crippen LogP contribution is -2.30. The fourth-order valence-corrected chi connectivity index (χ4v) is 12.0. The van der Waals surface area contributed by atoms with Gasteiger partial charge in [0.25, 0.3) is 0 Å². The van der Waals surface area contributed by atoms with Gasteiger partial charge in [-0.25, -0.2) is 9.13 Å². The van der Waals surface area contributed by atoms with Crippen molar-refractivity contribution in [1.29, 1.82) is 0 Å². The monoisotopic (exact) mass is 1550 g/mol. The summed E-state index contributed by atoms with van der Waals surface area (Å²) in [5.41, 5.74) is 0. The second kappa shape index (κ2) is 79.5. The molecular weight excluding hydrogens is 1400 g/mol. The first-order valence-corrected chi connectivity index (χ1v) is 44.4. The summed E-state index contributed by atoms with van der Waals surface area (Å²) in [6.45, 7) is 4.46. The van der Waals surface area contributed by atoms with E-state index in [9.17, 15) is 43.2 Å². The Morgan fingerprint density at radius 2 is 0.481 bits per heavy atom. The third-order valence-electron chi connectivity index (χ3n) is 16.6. The van der Waals surface area contributed by atoms with E-state index in [2.05, 4.69) is 198 Å². The highest BCUT2D eigenvalue weighted by Crippen LogP contribution is 2.45. The summed E-state index contributed by atoms with van der Waals surface area (Å²) in [6, 6.07) is 0. The van der Waals surface area contributed by atoms with E-state index in [1.54, 1.807) is 0 Å². The first-order chi connectivity index (χ1) is 52.7. The number of aliphatic hydroxyl groups excluding tert-OH is 1. The van der Waals surface area contributed by atoms with E-state index in [4.69, 9.17) is 37.0 Å². The van der Waals surface area contributed by atoms with E-state index < -0.39 is 97.5 Å². The Balaban J connectivity index is 5.46. The number of carbonyl (C=O) groups excluding carboxylic acids is 4. The Morgan fingerprint density at radius 1 is 0.269 bits per heavy atom. The van der Waals surface area contributed by atoms with Crippen molar-refractivity contribution in [3.63, 3.8) is 0 Å². The van der Waals surface area contributed by atoms with Gasteiger partial charge in [0.1, 0.15) is 19.3 Å². The van der Waals surface area contributed by atoms with Crippen LogP contribution in [0.1, 0.15) is 310 Å². The summed E-state index contributed by atoms with van der Waals surface area (Å²) in [5.74, 6) is -2.31. The van der Waals surface area contributed by atoms with Gasteiger partial charge in [0.2, 0.25) is 0 Å². The van der Waals surface area contributed by atoms with Gasteiger partial charge in [0.15, 0.2) is 12.2 Å². The summed E-state index contributed by atoms with van der Waals surface area (Å²) >= 11 is 0. The highest BCUT2D eigenvalue weighted by molar-refractivity contribution is 7.47. The number of hydrogen-bond acceptors (Lipinski definition) is 15. The van der Waals surface area contributed by atoms with Crippen molar-refractivity contribution in [2.75, 3.05) is 39.6 Å². The van der Waals surface area contributed by atoms with E-state index >= 15 is 0 Å². The molecule has 0 aliphatic rings. The van der Waals surface area contributed by atoms with Gasteiger partial charge >= 0.3 is 39.5 Å². The fourth-order valence-electron chi connectivity index (χ4n) is 10.4. The zero-order valence-electron chi connectivity index (χ0n) is 67.2. The van der Waals surface area contributed by atoms with Crippen LogP contribution in [-0.4, -0.2) is 96.7 Å². The molecule has 0 aromatic carbocycles. The number of rotatable bonds is 76. The van der Waals surface area contributed by atoms with Crippen LogP contribution in [0.4, 0.5) is 0 Å². The van der Waals surface area contributed by atoms with Crippen molar-refractivity contribution in [3.05, 3.63) is 170 Å². The number of aliphatic hydroxyl groups is 1. The van der Waals surface area contributed by atoms with Crippen LogP contribution in [-0.2, 0) is 65.4 Å². The molecule has 19 heteroatoms. The number of carbonyl (C=O) groups is 4. The molecule has 0 saturated carbocycles. The SMILES string of the molecule is CC/C=C\C/C=C\C/C=C\C/C=C\CCCCC(=O)OC(COC(=O)CCCCCCCC/C=C\C/C=C\C/C=C\CCCCC)COP(=O)(O)OCC(O)COP(=O)(O)OCC(COC(=O)CCCCCCCC/C=C\C/C=C\C/C=C\CCCCC)OC(=O)CCCC/C=C\C/C=C\C/C=C\C/C=C\CC. The third kappa shape index (κ3) is 78.5. The van der Waals surface area contributed by atoms with E-state index in [-0.39, 0.29) is 25.7 Å². The maximum atomic E-state index is 13.1. The van der Waals surface area contributed by atoms with E-state index in [0.717, 1.165) is 180 Å². The summed E-state index contributed by atoms with van der Waals surface area (Å²) < 4.78 is 68.6. The molecule has 3 N–H and O–H groups in total. The summed E-state index contributed by atoms with van der Waals surface area (Å²) in [7, 11) is -10.0. The number of phosphoric acid groups is 2. The van der Waals surface area contributed by atoms with Crippen molar-refractivity contribution in [1.82, 2.24) is 0 Å². The quantitative estimate of drug-likeness (QED) is 0.0169. The molecule has 4 atom stereocenters. The molecule has 0 heterocycles. The highest BCUT2D eigenvalue weighted by atomic mass is 31.2. The molecule has 0 spiro atoms. The number of allylic oxidation sites excluding steroid dienone is 28. The van der Waals surface area contributed by atoms with Gasteiger partial charge < -0.3 is 33.8 Å². The average Bonchev–Trinajstić information content (AvgIpc) is 0.907. The standard InChI is InChI=1S/C89H146O17P2/c1-5-9-13-17-21-25-29-33-37-39-41-43-47-49-53-57-61-65-69-73-86(91)99-79-84(105-88(93)75-71-67-63-59-55-51-45-35-31-27-23-19-15-11-7-3)81-103-107(95,96)101-77-83(90)78-102-108(97,98)104-82-85(106-89(94)76-72-68-64-60-56-52-46-36-32-28-24-20-16-12-8-4)80-100-87(92)74-70-66-62-58-54-50-48-44-42-40-38-34-30-26-22-18-14-10-6-2/h11-12,15-16,21-28,33-38,41-46,55-56,59-60,83-85,90H,5-10,13-14,17-20,29-32,39-40,47-54,57-58,61-82H2,1-4H3,(H,95,96)(H,97,98)/b15-11-,16-12-,25-21-,26-22-,27-23-,28-24-,37-33-,38-34-,43-41-,44-42-,45-35-,46-36-,59-55-,60-56-. The minimum Gasteiger partial charge on any atom is -0.462 e. The predicted octanol–water partition coefficient (Wildman–Crippen LogP) is 24.6. The fraction of sp³-hybridized carbons (Fsp3) is 0.640. The van der Waals surface area contributed by atoms with Gasteiger partial charge in [-0.2, -0.15) is 0 Å². The topological polar surface area (TPSA) is 237 Å². The summed E-state index contributed by atoms with van der Waals surface area (Å²) in [4.78, 5) is 73.1. The van der Waals surface area contributed by atoms with Crippen LogP contribution in [0, 0.1) is 0 Å². The number of ether oxygens (including phenoxy) is 4. The van der Waals surface area contributed by atoms with Crippen LogP contribution in [0.3, 0.4) is 0 Å². The molecule has 0 aromatic heterocycles. The molecule has 17 nitrogen and oxygen atoms in total. The molecule has 0 aromatic rings.